The largest absolute Gasteiger partial charge is 0.312 e. The Morgan fingerprint density at radius 1 is 1.36 bits per heavy atom. The van der Waals surface area contributed by atoms with Gasteiger partial charge >= 0.3 is 0 Å². The average molecular weight is 316 g/mol. The van der Waals surface area contributed by atoms with Crippen molar-refractivity contribution in [1.82, 2.24) is 9.88 Å². The molecule has 1 aliphatic carbocycles. The quantitative estimate of drug-likeness (QED) is 0.884. The highest BCUT2D eigenvalue weighted by Crippen LogP contribution is 2.28. The summed E-state index contributed by atoms with van der Waals surface area (Å²) in [6.45, 7) is 3.97. The molecule has 0 saturated heterocycles. The Balaban J connectivity index is 1.73. The second kappa shape index (κ2) is 7.25. The zero-order chi connectivity index (χ0) is 15.4. The van der Waals surface area contributed by atoms with Gasteiger partial charge in [-0.05, 0) is 49.1 Å². The van der Waals surface area contributed by atoms with Crippen molar-refractivity contribution in [2.45, 2.75) is 51.6 Å². The molecule has 1 aliphatic rings. The number of thiophene rings is 1. The lowest BCUT2D eigenvalue weighted by Crippen LogP contribution is -2.32. The fourth-order valence-corrected chi connectivity index (χ4v) is 4.08. The summed E-state index contributed by atoms with van der Waals surface area (Å²) in [6, 6.07) is 8.49. The number of hydrogen-bond donors (Lipinski definition) is 1. The Hall–Kier alpha value is -1.39. The molecule has 2 aromatic heterocycles. The minimum atomic E-state index is 0.153. The molecule has 2 aromatic rings. The van der Waals surface area contributed by atoms with Crippen LogP contribution in [0.25, 0.3) is 0 Å². The molecular weight excluding hydrogens is 292 g/mol. The Labute approximate surface area is 136 Å². The maximum atomic E-state index is 12.1. The lowest BCUT2D eigenvalue weighted by atomic mass is 9.90. The SMILES string of the molecule is CCCn1c2c(ccc1=O)C(NCCc1cccs1)CCC2. The number of nitrogens with one attached hydrogen (secondary N) is 1. The average Bonchev–Trinajstić information content (AvgIpc) is 3.04. The Morgan fingerprint density at radius 3 is 3.05 bits per heavy atom. The van der Waals surface area contributed by atoms with Crippen LogP contribution >= 0.6 is 11.3 Å². The third kappa shape index (κ3) is 3.33. The number of fused-ring (bicyclic) bond motifs is 1. The van der Waals surface area contributed by atoms with Crippen LogP contribution in [0, 0.1) is 0 Å². The van der Waals surface area contributed by atoms with E-state index in [4.69, 9.17) is 0 Å². The summed E-state index contributed by atoms with van der Waals surface area (Å²) < 4.78 is 1.99. The van der Waals surface area contributed by atoms with Gasteiger partial charge < -0.3 is 9.88 Å². The Kier molecular flexibility index (Phi) is 5.11. The van der Waals surface area contributed by atoms with Crippen LogP contribution in [0.3, 0.4) is 0 Å². The van der Waals surface area contributed by atoms with Crippen molar-refractivity contribution < 1.29 is 0 Å². The van der Waals surface area contributed by atoms with E-state index in [0.717, 1.165) is 38.8 Å². The first kappa shape index (κ1) is 15.5. The maximum Gasteiger partial charge on any atom is 0.250 e. The van der Waals surface area contributed by atoms with Crippen molar-refractivity contribution >= 4 is 11.3 Å². The molecule has 0 spiro atoms. The fraction of sp³-hybridized carbons (Fsp3) is 0.500. The standard InChI is InChI=1S/C18H24N2OS/c1-2-12-20-17-7-3-6-16(15(17)8-9-18(20)21)19-11-10-14-5-4-13-22-14/h4-5,8-9,13,16,19H,2-3,6-7,10-12H2,1H3. The van der Waals surface area contributed by atoms with Crippen LogP contribution in [-0.4, -0.2) is 11.1 Å². The molecule has 0 radical (unpaired) electrons. The molecule has 1 N–H and O–H groups in total. The number of pyridine rings is 1. The van der Waals surface area contributed by atoms with E-state index in [1.807, 2.05) is 22.0 Å². The van der Waals surface area contributed by atoms with E-state index in [1.54, 1.807) is 6.07 Å². The summed E-state index contributed by atoms with van der Waals surface area (Å²) >= 11 is 1.82. The van der Waals surface area contributed by atoms with Gasteiger partial charge in [-0.3, -0.25) is 4.79 Å². The fourth-order valence-electron chi connectivity index (χ4n) is 3.37. The normalized spacial score (nSPS) is 17.4. The Bertz CT molecular complexity index is 660. The van der Waals surface area contributed by atoms with Crippen molar-refractivity contribution in [3.63, 3.8) is 0 Å². The van der Waals surface area contributed by atoms with Crippen LogP contribution in [0.1, 0.15) is 48.4 Å². The first-order valence-corrected chi connectivity index (χ1v) is 9.16. The molecule has 0 aliphatic heterocycles. The van der Waals surface area contributed by atoms with E-state index in [2.05, 4.69) is 29.8 Å². The van der Waals surface area contributed by atoms with Gasteiger partial charge in [0.05, 0.1) is 0 Å². The summed E-state index contributed by atoms with van der Waals surface area (Å²) in [6.07, 6.45) is 5.46. The third-order valence-corrected chi connectivity index (χ3v) is 5.34. The van der Waals surface area contributed by atoms with Gasteiger partial charge in [0.25, 0.3) is 5.56 Å². The zero-order valence-electron chi connectivity index (χ0n) is 13.2. The van der Waals surface area contributed by atoms with Gasteiger partial charge in [0.2, 0.25) is 0 Å². The molecule has 2 heterocycles. The first-order chi connectivity index (χ1) is 10.8. The highest BCUT2D eigenvalue weighted by Gasteiger charge is 2.22. The van der Waals surface area contributed by atoms with Gasteiger partial charge in [0.1, 0.15) is 0 Å². The van der Waals surface area contributed by atoms with Crippen molar-refractivity contribution in [3.05, 3.63) is 56.1 Å². The van der Waals surface area contributed by atoms with Gasteiger partial charge in [-0.1, -0.05) is 19.1 Å². The molecule has 0 bridgehead atoms. The lowest BCUT2D eigenvalue weighted by molar-refractivity contribution is 0.442. The maximum absolute atomic E-state index is 12.1. The number of rotatable bonds is 6. The molecule has 1 atom stereocenters. The lowest BCUT2D eigenvalue weighted by Gasteiger charge is -2.28. The van der Waals surface area contributed by atoms with E-state index in [1.165, 1.54) is 22.6 Å². The van der Waals surface area contributed by atoms with Crippen LogP contribution in [0.4, 0.5) is 0 Å². The van der Waals surface area contributed by atoms with E-state index in [9.17, 15) is 4.79 Å². The molecule has 0 fully saturated rings. The third-order valence-electron chi connectivity index (χ3n) is 4.40. The molecule has 118 valence electrons. The summed E-state index contributed by atoms with van der Waals surface area (Å²) in [5, 5.41) is 5.83. The summed E-state index contributed by atoms with van der Waals surface area (Å²) in [7, 11) is 0. The van der Waals surface area contributed by atoms with Crippen LogP contribution in [-0.2, 0) is 19.4 Å². The molecule has 22 heavy (non-hydrogen) atoms. The molecule has 4 heteroatoms. The van der Waals surface area contributed by atoms with Crippen molar-refractivity contribution in [3.8, 4) is 0 Å². The molecule has 1 unspecified atom stereocenters. The molecule has 3 rings (SSSR count). The first-order valence-electron chi connectivity index (χ1n) is 8.28. The Morgan fingerprint density at radius 2 is 2.27 bits per heavy atom. The topological polar surface area (TPSA) is 34.0 Å². The monoisotopic (exact) mass is 316 g/mol. The molecule has 0 amide bonds. The van der Waals surface area contributed by atoms with E-state index in [0.29, 0.717) is 6.04 Å². The summed E-state index contributed by atoms with van der Waals surface area (Å²) in [5.41, 5.74) is 2.75. The van der Waals surface area contributed by atoms with Crippen LogP contribution < -0.4 is 10.9 Å². The summed E-state index contributed by atoms with van der Waals surface area (Å²) in [4.78, 5) is 13.5. The van der Waals surface area contributed by atoms with Gasteiger partial charge in [-0.25, -0.2) is 0 Å². The van der Waals surface area contributed by atoms with E-state index >= 15 is 0 Å². The minimum absolute atomic E-state index is 0.153. The second-order valence-corrected chi connectivity index (χ2v) is 6.99. The number of aromatic nitrogens is 1. The molecular formula is C18H24N2OS. The number of nitrogens with zero attached hydrogens (tertiary/aromatic N) is 1. The molecule has 0 aromatic carbocycles. The highest BCUT2D eigenvalue weighted by molar-refractivity contribution is 7.09. The van der Waals surface area contributed by atoms with Gasteiger partial charge in [-0.15, -0.1) is 11.3 Å². The van der Waals surface area contributed by atoms with Gasteiger partial charge in [0.15, 0.2) is 0 Å². The smallest absolute Gasteiger partial charge is 0.250 e. The van der Waals surface area contributed by atoms with Crippen molar-refractivity contribution in [2.75, 3.05) is 6.54 Å². The predicted octanol–water partition coefficient (Wildman–Crippen LogP) is 3.53. The number of hydrogen-bond acceptors (Lipinski definition) is 3. The highest BCUT2D eigenvalue weighted by atomic mass is 32.1. The summed E-state index contributed by atoms with van der Waals surface area (Å²) in [5.74, 6) is 0. The van der Waals surface area contributed by atoms with Crippen LogP contribution in [0.5, 0.6) is 0 Å². The minimum Gasteiger partial charge on any atom is -0.312 e. The predicted molar refractivity (Wildman–Crippen MR) is 92.7 cm³/mol. The van der Waals surface area contributed by atoms with Crippen LogP contribution in [0.15, 0.2) is 34.4 Å². The molecule has 0 saturated carbocycles. The van der Waals surface area contributed by atoms with Crippen molar-refractivity contribution in [1.29, 1.82) is 0 Å². The zero-order valence-corrected chi connectivity index (χ0v) is 14.0. The van der Waals surface area contributed by atoms with E-state index in [-0.39, 0.29) is 5.56 Å². The van der Waals surface area contributed by atoms with E-state index < -0.39 is 0 Å². The van der Waals surface area contributed by atoms with Crippen molar-refractivity contribution in [2.24, 2.45) is 0 Å². The van der Waals surface area contributed by atoms with Gasteiger partial charge in [-0.2, -0.15) is 0 Å². The molecule has 3 nitrogen and oxygen atoms in total. The van der Waals surface area contributed by atoms with Crippen LogP contribution in [0.2, 0.25) is 0 Å². The second-order valence-electron chi connectivity index (χ2n) is 5.95. The van der Waals surface area contributed by atoms with Gasteiger partial charge in [0, 0.05) is 35.8 Å².